The van der Waals surface area contributed by atoms with Crippen LogP contribution in [-0.2, 0) is 11.3 Å². The Morgan fingerprint density at radius 1 is 1.03 bits per heavy atom. The number of para-hydroxylation sites is 1. The fourth-order valence-electron chi connectivity index (χ4n) is 5.66. The molecule has 6 nitrogen and oxygen atoms in total. The molecule has 5 rings (SSSR count). The molecule has 1 amide bonds. The normalized spacial score (nSPS) is 20.6. The van der Waals surface area contributed by atoms with Gasteiger partial charge in [0, 0.05) is 31.6 Å². The van der Waals surface area contributed by atoms with Crippen LogP contribution in [0.5, 0.6) is 0 Å². The number of amides is 1. The average Bonchev–Trinajstić information content (AvgIpc) is 3.40. The van der Waals surface area contributed by atoms with Crippen LogP contribution in [0.15, 0.2) is 59.4 Å². The molecule has 3 aromatic rings. The second kappa shape index (κ2) is 9.71. The number of carbonyl (C=O) groups is 1. The van der Waals surface area contributed by atoms with Gasteiger partial charge in [0.2, 0.25) is 5.91 Å². The lowest BCUT2D eigenvalue weighted by Crippen LogP contribution is -2.55. The highest BCUT2D eigenvalue weighted by Gasteiger charge is 2.35. The average molecular weight is 459 g/mol. The zero-order valence-electron chi connectivity index (χ0n) is 20.2. The van der Waals surface area contributed by atoms with E-state index < -0.39 is 0 Å². The lowest BCUT2D eigenvalue weighted by molar-refractivity contribution is -0.140. The summed E-state index contributed by atoms with van der Waals surface area (Å²) >= 11 is 0. The van der Waals surface area contributed by atoms with Crippen LogP contribution in [0.2, 0.25) is 0 Å². The van der Waals surface area contributed by atoms with Crippen molar-refractivity contribution in [3.8, 4) is 0 Å². The topological polar surface area (TPSA) is 58.4 Å². The molecule has 1 aliphatic heterocycles. The van der Waals surface area contributed by atoms with Crippen molar-refractivity contribution in [3.05, 3.63) is 76.3 Å². The van der Waals surface area contributed by atoms with E-state index in [4.69, 9.17) is 4.98 Å². The Morgan fingerprint density at radius 3 is 2.47 bits per heavy atom. The SMILES string of the molecule is CC(c1nc2ccccc2c(=O)n1Cc1ccccc1)N1CCN(C(=O)C2CCCC2)C(C)C1. The molecule has 2 fully saturated rings. The van der Waals surface area contributed by atoms with Gasteiger partial charge in [-0.05, 0) is 44.4 Å². The maximum absolute atomic E-state index is 13.5. The largest absolute Gasteiger partial charge is 0.337 e. The molecule has 2 unspecified atom stereocenters. The third-order valence-electron chi connectivity index (χ3n) is 7.64. The Hall–Kier alpha value is -2.99. The number of nitrogens with zero attached hydrogens (tertiary/aromatic N) is 4. The Bertz CT molecular complexity index is 1220. The van der Waals surface area contributed by atoms with Crippen molar-refractivity contribution in [1.82, 2.24) is 19.4 Å². The van der Waals surface area contributed by atoms with Crippen LogP contribution in [0.3, 0.4) is 0 Å². The Labute approximate surface area is 201 Å². The van der Waals surface area contributed by atoms with Crippen molar-refractivity contribution in [3.63, 3.8) is 0 Å². The predicted molar refractivity (Wildman–Crippen MR) is 135 cm³/mol. The number of rotatable bonds is 5. The van der Waals surface area contributed by atoms with Gasteiger partial charge in [0.15, 0.2) is 0 Å². The fourth-order valence-corrected chi connectivity index (χ4v) is 5.66. The third kappa shape index (κ3) is 4.39. The van der Waals surface area contributed by atoms with Crippen molar-refractivity contribution < 1.29 is 4.79 Å². The minimum absolute atomic E-state index is 0.000557. The summed E-state index contributed by atoms with van der Waals surface area (Å²) in [4.78, 5) is 36.1. The van der Waals surface area contributed by atoms with Gasteiger partial charge in [-0.1, -0.05) is 55.3 Å². The van der Waals surface area contributed by atoms with Crippen molar-refractivity contribution in [2.45, 2.75) is 58.2 Å². The van der Waals surface area contributed by atoms with Crippen LogP contribution in [-0.4, -0.2) is 50.9 Å². The molecule has 1 saturated carbocycles. The van der Waals surface area contributed by atoms with Crippen LogP contribution in [0, 0.1) is 5.92 Å². The summed E-state index contributed by atoms with van der Waals surface area (Å²) in [6.07, 6.45) is 4.42. The van der Waals surface area contributed by atoms with Gasteiger partial charge in [0.05, 0.1) is 23.5 Å². The Morgan fingerprint density at radius 2 is 1.74 bits per heavy atom. The molecule has 0 spiro atoms. The summed E-state index contributed by atoms with van der Waals surface area (Å²) < 4.78 is 1.84. The minimum atomic E-state index is -0.0350. The van der Waals surface area contributed by atoms with Gasteiger partial charge >= 0.3 is 0 Å². The monoisotopic (exact) mass is 458 g/mol. The van der Waals surface area contributed by atoms with Crippen molar-refractivity contribution in [1.29, 1.82) is 0 Å². The van der Waals surface area contributed by atoms with Gasteiger partial charge in [-0.15, -0.1) is 0 Å². The van der Waals surface area contributed by atoms with Crippen LogP contribution < -0.4 is 5.56 Å². The first-order chi connectivity index (χ1) is 16.5. The van der Waals surface area contributed by atoms with Crippen molar-refractivity contribution >= 4 is 16.8 Å². The predicted octanol–water partition coefficient (Wildman–Crippen LogP) is 4.23. The number of fused-ring (bicyclic) bond motifs is 1. The third-order valence-corrected chi connectivity index (χ3v) is 7.64. The van der Waals surface area contributed by atoms with E-state index in [1.54, 1.807) is 0 Å². The standard InChI is InChI=1S/C28H34N4O2/c1-20-18-30(16-17-31(20)27(33)23-12-6-7-13-23)21(2)26-29-25-15-9-8-14-24(25)28(34)32(26)19-22-10-4-3-5-11-22/h3-5,8-11,14-15,20-21,23H,6-7,12-13,16-19H2,1-2H3. The first-order valence-corrected chi connectivity index (χ1v) is 12.6. The molecule has 0 bridgehead atoms. The van der Waals surface area contributed by atoms with E-state index in [0.717, 1.165) is 49.4 Å². The van der Waals surface area contributed by atoms with Gasteiger partial charge < -0.3 is 4.90 Å². The minimum Gasteiger partial charge on any atom is -0.337 e. The van der Waals surface area contributed by atoms with E-state index >= 15 is 0 Å². The highest BCUT2D eigenvalue weighted by atomic mass is 16.2. The molecule has 34 heavy (non-hydrogen) atoms. The van der Waals surface area contributed by atoms with Gasteiger partial charge in [-0.25, -0.2) is 4.98 Å². The van der Waals surface area contributed by atoms with Crippen molar-refractivity contribution in [2.24, 2.45) is 5.92 Å². The summed E-state index contributed by atoms with van der Waals surface area (Å²) in [5.74, 6) is 1.34. The van der Waals surface area contributed by atoms with Gasteiger partial charge in [-0.2, -0.15) is 0 Å². The van der Waals surface area contributed by atoms with E-state index in [2.05, 4.69) is 23.6 Å². The summed E-state index contributed by atoms with van der Waals surface area (Å²) in [6, 6.07) is 17.8. The summed E-state index contributed by atoms with van der Waals surface area (Å²) in [5, 5.41) is 0.648. The van der Waals surface area contributed by atoms with Gasteiger partial charge in [-0.3, -0.25) is 19.1 Å². The second-order valence-corrected chi connectivity index (χ2v) is 9.90. The Kier molecular flexibility index (Phi) is 6.50. The maximum atomic E-state index is 13.5. The van der Waals surface area contributed by atoms with Crippen LogP contribution >= 0.6 is 0 Å². The molecule has 1 saturated heterocycles. The number of hydrogen-bond acceptors (Lipinski definition) is 4. The molecule has 1 aromatic heterocycles. The highest BCUT2D eigenvalue weighted by molar-refractivity contribution is 5.79. The number of piperazine rings is 1. The molecular formula is C28H34N4O2. The molecular weight excluding hydrogens is 424 g/mol. The Balaban J connectivity index is 1.43. The second-order valence-electron chi connectivity index (χ2n) is 9.90. The molecule has 0 N–H and O–H groups in total. The zero-order valence-corrected chi connectivity index (χ0v) is 20.2. The van der Waals surface area contributed by atoms with Crippen molar-refractivity contribution in [2.75, 3.05) is 19.6 Å². The first-order valence-electron chi connectivity index (χ1n) is 12.6. The maximum Gasteiger partial charge on any atom is 0.261 e. The lowest BCUT2D eigenvalue weighted by Gasteiger charge is -2.43. The fraction of sp³-hybridized carbons (Fsp3) is 0.464. The number of carbonyl (C=O) groups excluding carboxylic acids is 1. The molecule has 2 aromatic carbocycles. The summed E-state index contributed by atoms with van der Waals surface area (Å²) in [5.41, 5.74) is 1.82. The van der Waals surface area contributed by atoms with E-state index in [1.807, 2.05) is 59.2 Å². The lowest BCUT2D eigenvalue weighted by atomic mass is 10.0. The highest BCUT2D eigenvalue weighted by Crippen LogP contribution is 2.29. The zero-order chi connectivity index (χ0) is 23.7. The molecule has 2 heterocycles. The molecule has 2 aliphatic rings. The smallest absolute Gasteiger partial charge is 0.261 e. The van der Waals surface area contributed by atoms with Crippen LogP contribution in [0.4, 0.5) is 0 Å². The van der Waals surface area contributed by atoms with E-state index in [-0.39, 0.29) is 23.6 Å². The molecule has 1 aliphatic carbocycles. The summed E-state index contributed by atoms with van der Waals surface area (Å²) in [7, 11) is 0. The molecule has 6 heteroatoms. The van der Waals surface area contributed by atoms with Crippen LogP contribution in [0.25, 0.3) is 10.9 Å². The summed E-state index contributed by atoms with van der Waals surface area (Å²) in [6.45, 7) is 7.09. The number of aromatic nitrogens is 2. The van der Waals surface area contributed by atoms with Crippen LogP contribution in [0.1, 0.15) is 57.0 Å². The quantitative estimate of drug-likeness (QED) is 0.574. The van der Waals surface area contributed by atoms with E-state index in [9.17, 15) is 9.59 Å². The van der Waals surface area contributed by atoms with E-state index in [0.29, 0.717) is 17.8 Å². The van der Waals surface area contributed by atoms with Gasteiger partial charge in [0.1, 0.15) is 5.82 Å². The molecule has 2 atom stereocenters. The number of benzene rings is 2. The van der Waals surface area contributed by atoms with E-state index in [1.165, 1.54) is 12.8 Å². The van der Waals surface area contributed by atoms with Gasteiger partial charge in [0.25, 0.3) is 5.56 Å². The molecule has 178 valence electrons. The first kappa shape index (κ1) is 22.8. The number of hydrogen-bond donors (Lipinski definition) is 0. The molecule has 0 radical (unpaired) electrons.